The second-order valence-electron chi connectivity index (χ2n) is 8.12. The summed E-state index contributed by atoms with van der Waals surface area (Å²) in [4.78, 5) is 29.8. The molecule has 0 aliphatic carbocycles. The summed E-state index contributed by atoms with van der Waals surface area (Å²) in [7, 11) is 0. The predicted molar refractivity (Wildman–Crippen MR) is 123 cm³/mol. The standard InChI is InChI=1S/C25H26N4O4/c26-21-14-16(11-12-27-21)13-19-22(24(31)32)29(23(19)30)25(33)28-15-20(17-7-3-1-4-8-17)18-9-5-2-6-10-18/h1-12,14,19-20,22-23,30H,13,15H2,(H2,26,27)(H,28,33)(H,31,32)/t19-,22+,23?/m1/s1. The minimum Gasteiger partial charge on any atom is -0.480 e. The van der Waals surface area contributed by atoms with E-state index in [2.05, 4.69) is 10.3 Å². The van der Waals surface area contributed by atoms with Gasteiger partial charge in [-0.25, -0.2) is 14.6 Å². The van der Waals surface area contributed by atoms with Gasteiger partial charge in [0.1, 0.15) is 18.1 Å². The molecule has 4 rings (SSSR count). The number of likely N-dealkylation sites (tertiary alicyclic amines) is 1. The molecule has 5 N–H and O–H groups in total. The van der Waals surface area contributed by atoms with Crippen LogP contribution < -0.4 is 11.1 Å². The summed E-state index contributed by atoms with van der Waals surface area (Å²) in [6.45, 7) is 0.258. The van der Waals surface area contributed by atoms with E-state index in [-0.39, 0.29) is 18.9 Å². The van der Waals surface area contributed by atoms with Crippen molar-refractivity contribution in [2.75, 3.05) is 12.3 Å². The van der Waals surface area contributed by atoms with Crippen molar-refractivity contribution in [1.29, 1.82) is 0 Å². The number of carbonyl (C=O) groups excluding carboxylic acids is 1. The van der Waals surface area contributed by atoms with Crippen LogP contribution in [0.3, 0.4) is 0 Å². The Bertz CT molecular complexity index is 1070. The summed E-state index contributed by atoms with van der Waals surface area (Å²) in [5, 5.41) is 23.2. The number of carboxylic acids is 1. The number of rotatable bonds is 7. The highest BCUT2D eigenvalue weighted by molar-refractivity contribution is 5.85. The highest BCUT2D eigenvalue weighted by Gasteiger charge is 2.54. The van der Waals surface area contributed by atoms with Gasteiger partial charge in [-0.1, -0.05) is 60.7 Å². The molecule has 8 heteroatoms. The zero-order valence-electron chi connectivity index (χ0n) is 17.9. The van der Waals surface area contributed by atoms with Crippen molar-refractivity contribution in [3.05, 3.63) is 95.7 Å². The third-order valence-electron chi connectivity index (χ3n) is 6.04. The van der Waals surface area contributed by atoms with Gasteiger partial charge in [-0.15, -0.1) is 0 Å². The molecule has 2 heterocycles. The number of anilines is 1. The molecule has 1 fully saturated rings. The molecule has 0 radical (unpaired) electrons. The van der Waals surface area contributed by atoms with Gasteiger partial charge in [0.2, 0.25) is 0 Å². The number of hydrogen-bond acceptors (Lipinski definition) is 5. The van der Waals surface area contributed by atoms with Crippen molar-refractivity contribution < 1.29 is 19.8 Å². The third-order valence-corrected chi connectivity index (χ3v) is 6.04. The van der Waals surface area contributed by atoms with Crippen LogP contribution in [0, 0.1) is 5.92 Å². The van der Waals surface area contributed by atoms with Gasteiger partial charge in [0, 0.05) is 24.6 Å². The van der Waals surface area contributed by atoms with Crippen LogP contribution in [0.15, 0.2) is 79.0 Å². The number of nitrogens with two attached hydrogens (primary N) is 1. The van der Waals surface area contributed by atoms with Gasteiger partial charge in [-0.05, 0) is 35.2 Å². The monoisotopic (exact) mass is 446 g/mol. The lowest BCUT2D eigenvalue weighted by Crippen LogP contribution is -2.71. The normalized spacial score (nSPS) is 19.7. The summed E-state index contributed by atoms with van der Waals surface area (Å²) < 4.78 is 0. The molecule has 33 heavy (non-hydrogen) atoms. The predicted octanol–water partition coefficient (Wildman–Crippen LogP) is 2.45. The highest BCUT2D eigenvalue weighted by atomic mass is 16.4. The van der Waals surface area contributed by atoms with Gasteiger partial charge in [-0.2, -0.15) is 0 Å². The topological polar surface area (TPSA) is 129 Å². The van der Waals surface area contributed by atoms with E-state index < -0.39 is 30.2 Å². The van der Waals surface area contributed by atoms with Gasteiger partial charge < -0.3 is 21.3 Å². The first kappa shape index (κ1) is 22.3. The number of nitrogens with one attached hydrogen (secondary N) is 1. The Morgan fingerprint density at radius 2 is 1.64 bits per heavy atom. The van der Waals surface area contributed by atoms with Crippen molar-refractivity contribution in [2.24, 2.45) is 5.92 Å². The minimum absolute atomic E-state index is 0.117. The second-order valence-corrected chi connectivity index (χ2v) is 8.12. The number of benzene rings is 2. The first-order valence-corrected chi connectivity index (χ1v) is 10.7. The molecule has 2 amide bonds. The van der Waals surface area contributed by atoms with Crippen LogP contribution in [0.4, 0.5) is 10.6 Å². The fourth-order valence-corrected chi connectivity index (χ4v) is 4.38. The van der Waals surface area contributed by atoms with Crippen LogP contribution in [-0.4, -0.2) is 50.9 Å². The number of pyridine rings is 1. The average Bonchev–Trinajstić information content (AvgIpc) is 2.82. The maximum atomic E-state index is 12.9. The van der Waals surface area contributed by atoms with E-state index in [1.54, 1.807) is 12.1 Å². The van der Waals surface area contributed by atoms with Crippen molar-refractivity contribution in [1.82, 2.24) is 15.2 Å². The van der Waals surface area contributed by atoms with E-state index in [0.29, 0.717) is 5.82 Å². The van der Waals surface area contributed by atoms with Gasteiger partial charge in [0.15, 0.2) is 0 Å². The summed E-state index contributed by atoms with van der Waals surface area (Å²) in [5.41, 5.74) is 8.50. The summed E-state index contributed by atoms with van der Waals surface area (Å²) in [6.07, 6.45) is 0.585. The molecule has 1 saturated heterocycles. The van der Waals surface area contributed by atoms with Crippen molar-refractivity contribution >= 4 is 17.8 Å². The van der Waals surface area contributed by atoms with Crippen molar-refractivity contribution in [3.8, 4) is 0 Å². The molecule has 1 aromatic heterocycles. The molecule has 1 unspecified atom stereocenters. The van der Waals surface area contributed by atoms with Crippen LogP contribution in [0.1, 0.15) is 22.6 Å². The van der Waals surface area contributed by atoms with E-state index in [1.165, 1.54) is 6.20 Å². The number of urea groups is 1. The quantitative estimate of drug-likeness (QED) is 0.441. The van der Waals surface area contributed by atoms with Crippen LogP contribution in [0.2, 0.25) is 0 Å². The largest absolute Gasteiger partial charge is 0.480 e. The maximum Gasteiger partial charge on any atom is 0.327 e. The number of nitrogens with zero attached hydrogens (tertiary/aromatic N) is 2. The Kier molecular flexibility index (Phi) is 6.55. The Hall–Kier alpha value is -3.91. The number of aromatic nitrogens is 1. The molecule has 3 aromatic rings. The molecule has 2 aromatic carbocycles. The van der Waals surface area contributed by atoms with Gasteiger partial charge in [-0.3, -0.25) is 4.90 Å². The van der Waals surface area contributed by atoms with Crippen LogP contribution in [-0.2, 0) is 11.2 Å². The van der Waals surface area contributed by atoms with E-state index in [9.17, 15) is 19.8 Å². The van der Waals surface area contributed by atoms with E-state index in [0.717, 1.165) is 21.6 Å². The molecule has 0 spiro atoms. The van der Waals surface area contributed by atoms with Crippen LogP contribution >= 0.6 is 0 Å². The SMILES string of the molecule is Nc1cc(C[C@H]2C(O)N(C(=O)NCC(c3ccccc3)c3ccccc3)[C@@H]2C(=O)O)ccn1. The molecular weight excluding hydrogens is 420 g/mol. The molecule has 3 atom stereocenters. The number of aliphatic hydroxyl groups excluding tert-OH is 1. The molecule has 1 aliphatic heterocycles. The van der Waals surface area contributed by atoms with Gasteiger partial charge >= 0.3 is 12.0 Å². The number of nitrogen functional groups attached to an aromatic ring is 1. The number of carboxylic acid groups (broad SMARTS) is 1. The number of carbonyl (C=O) groups is 2. The molecule has 170 valence electrons. The lowest BCUT2D eigenvalue weighted by atomic mass is 9.81. The smallest absolute Gasteiger partial charge is 0.327 e. The molecule has 1 aliphatic rings. The third kappa shape index (κ3) is 4.80. The molecule has 8 nitrogen and oxygen atoms in total. The lowest BCUT2D eigenvalue weighted by molar-refractivity contribution is -0.180. The minimum atomic E-state index is -1.22. The number of aliphatic carboxylic acids is 1. The van der Waals surface area contributed by atoms with Gasteiger partial charge in [0.25, 0.3) is 0 Å². The zero-order chi connectivity index (χ0) is 23.4. The van der Waals surface area contributed by atoms with Gasteiger partial charge in [0.05, 0.1) is 0 Å². The molecular formula is C25H26N4O4. The molecule has 0 bridgehead atoms. The second kappa shape index (κ2) is 9.70. The fraction of sp³-hybridized carbons (Fsp3) is 0.240. The fourth-order valence-electron chi connectivity index (χ4n) is 4.38. The van der Waals surface area contributed by atoms with E-state index in [4.69, 9.17) is 5.73 Å². The summed E-state index contributed by atoms with van der Waals surface area (Å²) in [5.74, 6) is -1.61. The Morgan fingerprint density at radius 1 is 1.03 bits per heavy atom. The summed E-state index contributed by atoms with van der Waals surface area (Å²) in [6, 6.07) is 21.1. The highest BCUT2D eigenvalue weighted by Crippen LogP contribution is 2.34. The molecule has 0 saturated carbocycles. The average molecular weight is 447 g/mol. The van der Waals surface area contributed by atoms with Crippen LogP contribution in [0.5, 0.6) is 0 Å². The first-order valence-electron chi connectivity index (χ1n) is 10.7. The van der Waals surface area contributed by atoms with Crippen molar-refractivity contribution in [2.45, 2.75) is 24.6 Å². The number of hydrogen-bond donors (Lipinski definition) is 4. The Morgan fingerprint density at radius 3 is 2.18 bits per heavy atom. The van der Waals surface area contributed by atoms with Crippen LogP contribution in [0.25, 0.3) is 0 Å². The summed E-state index contributed by atoms with van der Waals surface area (Å²) >= 11 is 0. The lowest BCUT2D eigenvalue weighted by Gasteiger charge is -2.50. The van der Waals surface area contributed by atoms with E-state index >= 15 is 0 Å². The Labute approximate surface area is 191 Å². The number of aliphatic hydroxyl groups is 1. The Balaban J connectivity index is 1.47. The van der Waals surface area contributed by atoms with Crippen molar-refractivity contribution in [3.63, 3.8) is 0 Å². The number of amides is 2. The zero-order valence-corrected chi connectivity index (χ0v) is 17.9. The van der Waals surface area contributed by atoms with E-state index in [1.807, 2.05) is 60.7 Å². The first-order chi connectivity index (χ1) is 16.0. The maximum absolute atomic E-state index is 12.9.